The van der Waals surface area contributed by atoms with Crippen LogP contribution in [0.1, 0.15) is 33.6 Å². The second kappa shape index (κ2) is 9.92. The maximum Gasteiger partial charge on any atom is 0.265 e. The van der Waals surface area contributed by atoms with Crippen LogP contribution in [0.4, 0.5) is 11.4 Å². The fourth-order valence-electron chi connectivity index (χ4n) is 3.97. The monoisotopic (exact) mass is 477 g/mol. The minimum Gasteiger partial charge on any atom is -0.330 e. The number of likely N-dealkylation sites (tertiary alicyclic amines) is 1. The molecule has 2 aromatic rings. The van der Waals surface area contributed by atoms with Gasteiger partial charge in [-0.15, -0.1) is 0 Å². The molecule has 0 aliphatic carbocycles. The standard InChI is InChI=1S/C23H28ClN3O4S/c1-4-27(18-9-6-5-7-10-18)32(30,31)20-15-17(12-13-19(20)24)25-23(29)22(16(2)3)26-14-8-11-21(26)28/h5-7,9-10,12-13,15-16,22H,4,8,11,14H2,1-3H3,(H,25,29)/t22-/m1/s1. The lowest BCUT2D eigenvalue weighted by molar-refractivity contribution is -0.136. The Morgan fingerprint density at radius 3 is 2.44 bits per heavy atom. The van der Waals surface area contributed by atoms with Crippen LogP contribution in [0.25, 0.3) is 0 Å². The Bertz CT molecular complexity index is 1090. The van der Waals surface area contributed by atoms with E-state index in [-0.39, 0.29) is 34.2 Å². The molecule has 0 bridgehead atoms. The number of nitrogens with one attached hydrogen (secondary N) is 1. The zero-order valence-electron chi connectivity index (χ0n) is 18.4. The zero-order valence-corrected chi connectivity index (χ0v) is 20.0. The first kappa shape index (κ1) is 24.1. The van der Waals surface area contributed by atoms with E-state index in [1.54, 1.807) is 42.2 Å². The average molecular weight is 478 g/mol. The molecule has 1 aliphatic rings. The van der Waals surface area contributed by atoms with Crippen LogP contribution in [-0.2, 0) is 19.6 Å². The highest BCUT2D eigenvalue weighted by atomic mass is 35.5. The Balaban J connectivity index is 1.91. The highest BCUT2D eigenvalue weighted by molar-refractivity contribution is 7.93. The minimum absolute atomic E-state index is 0.0420. The Morgan fingerprint density at radius 2 is 1.88 bits per heavy atom. The summed E-state index contributed by atoms with van der Waals surface area (Å²) in [5.41, 5.74) is 0.826. The van der Waals surface area contributed by atoms with Crippen LogP contribution in [0.5, 0.6) is 0 Å². The number of rotatable bonds is 8. The molecule has 2 aromatic carbocycles. The van der Waals surface area contributed by atoms with E-state index < -0.39 is 16.1 Å². The molecule has 1 aliphatic heterocycles. The number of hydrogen-bond acceptors (Lipinski definition) is 4. The molecule has 1 fully saturated rings. The van der Waals surface area contributed by atoms with Crippen molar-refractivity contribution in [2.75, 3.05) is 22.7 Å². The van der Waals surface area contributed by atoms with Gasteiger partial charge < -0.3 is 10.2 Å². The summed E-state index contributed by atoms with van der Waals surface area (Å²) in [5, 5.41) is 2.85. The van der Waals surface area contributed by atoms with Gasteiger partial charge in [0.15, 0.2) is 0 Å². The molecule has 32 heavy (non-hydrogen) atoms. The highest BCUT2D eigenvalue weighted by Gasteiger charge is 2.35. The van der Waals surface area contributed by atoms with E-state index in [0.717, 1.165) is 6.42 Å². The van der Waals surface area contributed by atoms with Gasteiger partial charge in [0.25, 0.3) is 10.0 Å². The van der Waals surface area contributed by atoms with Gasteiger partial charge in [-0.1, -0.05) is 43.6 Å². The van der Waals surface area contributed by atoms with Crippen molar-refractivity contribution >= 4 is 44.8 Å². The molecule has 172 valence electrons. The molecule has 0 radical (unpaired) electrons. The Labute approximate surface area is 194 Å². The van der Waals surface area contributed by atoms with Gasteiger partial charge in [-0.3, -0.25) is 13.9 Å². The number of para-hydroxylation sites is 1. The van der Waals surface area contributed by atoms with Crippen molar-refractivity contribution in [1.82, 2.24) is 4.90 Å². The molecular formula is C23H28ClN3O4S. The van der Waals surface area contributed by atoms with E-state index in [0.29, 0.717) is 24.3 Å². The topological polar surface area (TPSA) is 86.8 Å². The quantitative estimate of drug-likeness (QED) is 0.619. The lowest BCUT2D eigenvalue weighted by Gasteiger charge is -2.30. The lowest BCUT2D eigenvalue weighted by Crippen LogP contribution is -2.48. The van der Waals surface area contributed by atoms with E-state index >= 15 is 0 Å². The molecule has 1 N–H and O–H groups in total. The maximum absolute atomic E-state index is 13.4. The molecule has 1 saturated heterocycles. The van der Waals surface area contributed by atoms with E-state index in [1.165, 1.54) is 16.4 Å². The first-order valence-electron chi connectivity index (χ1n) is 10.6. The third kappa shape index (κ3) is 4.91. The maximum atomic E-state index is 13.4. The number of hydrogen-bond donors (Lipinski definition) is 1. The van der Waals surface area contributed by atoms with Crippen molar-refractivity contribution in [2.45, 2.75) is 44.6 Å². The van der Waals surface area contributed by atoms with E-state index in [2.05, 4.69) is 5.32 Å². The van der Waals surface area contributed by atoms with Crippen LogP contribution in [0, 0.1) is 5.92 Å². The normalized spacial score (nSPS) is 15.2. The van der Waals surface area contributed by atoms with Crippen molar-refractivity contribution in [3.63, 3.8) is 0 Å². The van der Waals surface area contributed by atoms with Crippen LogP contribution in [0.3, 0.4) is 0 Å². The molecular weight excluding hydrogens is 450 g/mol. The summed E-state index contributed by atoms with van der Waals surface area (Å²) in [4.78, 5) is 26.7. The molecule has 0 saturated carbocycles. The van der Waals surface area contributed by atoms with Crippen molar-refractivity contribution in [3.8, 4) is 0 Å². The summed E-state index contributed by atoms with van der Waals surface area (Å²) in [6, 6.07) is 12.5. The summed E-state index contributed by atoms with van der Waals surface area (Å²) < 4.78 is 28.0. The van der Waals surface area contributed by atoms with Gasteiger partial charge in [-0.25, -0.2) is 8.42 Å². The fraction of sp³-hybridized carbons (Fsp3) is 0.391. The van der Waals surface area contributed by atoms with Crippen molar-refractivity contribution in [2.24, 2.45) is 5.92 Å². The Kier molecular flexibility index (Phi) is 7.46. The van der Waals surface area contributed by atoms with E-state index in [1.807, 2.05) is 19.9 Å². The van der Waals surface area contributed by atoms with Gasteiger partial charge in [-0.05, 0) is 49.6 Å². The van der Waals surface area contributed by atoms with E-state index in [9.17, 15) is 18.0 Å². The second-order valence-electron chi connectivity index (χ2n) is 8.02. The first-order valence-corrected chi connectivity index (χ1v) is 12.5. The Morgan fingerprint density at radius 1 is 1.19 bits per heavy atom. The van der Waals surface area contributed by atoms with Crippen LogP contribution >= 0.6 is 11.6 Å². The van der Waals surface area contributed by atoms with Crippen LogP contribution < -0.4 is 9.62 Å². The van der Waals surface area contributed by atoms with Gasteiger partial charge in [0.05, 0.1) is 10.7 Å². The number of nitrogens with zero attached hydrogens (tertiary/aromatic N) is 2. The van der Waals surface area contributed by atoms with Gasteiger partial charge in [0, 0.05) is 25.2 Å². The van der Waals surface area contributed by atoms with Gasteiger partial charge in [-0.2, -0.15) is 0 Å². The number of amides is 2. The molecule has 2 amide bonds. The highest BCUT2D eigenvalue weighted by Crippen LogP contribution is 2.31. The van der Waals surface area contributed by atoms with E-state index in [4.69, 9.17) is 11.6 Å². The molecule has 1 heterocycles. The molecule has 7 nitrogen and oxygen atoms in total. The molecule has 1 atom stereocenters. The third-order valence-corrected chi connectivity index (χ3v) is 7.83. The predicted octanol–water partition coefficient (Wildman–Crippen LogP) is 4.14. The number of benzene rings is 2. The number of carbonyl (C=O) groups is 2. The van der Waals surface area contributed by atoms with Crippen LogP contribution in [-0.4, -0.2) is 44.3 Å². The summed E-state index contributed by atoms with van der Waals surface area (Å²) in [6.07, 6.45) is 1.16. The summed E-state index contributed by atoms with van der Waals surface area (Å²) in [7, 11) is -3.97. The number of carbonyl (C=O) groups excluding carboxylic acids is 2. The van der Waals surface area contributed by atoms with Crippen LogP contribution in [0.2, 0.25) is 5.02 Å². The summed E-state index contributed by atoms with van der Waals surface area (Å²) in [5.74, 6) is -0.489. The van der Waals surface area contributed by atoms with Crippen molar-refractivity contribution < 1.29 is 18.0 Å². The third-order valence-electron chi connectivity index (χ3n) is 5.44. The molecule has 0 spiro atoms. The molecule has 3 rings (SSSR count). The predicted molar refractivity (Wildman–Crippen MR) is 126 cm³/mol. The fourth-order valence-corrected chi connectivity index (χ4v) is 5.94. The Hall–Kier alpha value is -2.58. The summed E-state index contributed by atoms with van der Waals surface area (Å²) >= 11 is 6.27. The number of anilines is 2. The van der Waals surface area contributed by atoms with Crippen molar-refractivity contribution in [3.05, 3.63) is 53.6 Å². The van der Waals surface area contributed by atoms with Crippen molar-refractivity contribution in [1.29, 1.82) is 0 Å². The molecule has 9 heteroatoms. The average Bonchev–Trinajstić information content (AvgIpc) is 3.15. The largest absolute Gasteiger partial charge is 0.330 e. The van der Waals surface area contributed by atoms with Gasteiger partial charge >= 0.3 is 0 Å². The van der Waals surface area contributed by atoms with Crippen LogP contribution in [0.15, 0.2) is 53.4 Å². The lowest BCUT2D eigenvalue weighted by atomic mass is 10.0. The minimum atomic E-state index is -3.97. The molecule has 0 unspecified atom stereocenters. The molecule has 0 aromatic heterocycles. The smallest absolute Gasteiger partial charge is 0.265 e. The van der Waals surface area contributed by atoms with Gasteiger partial charge in [0.2, 0.25) is 11.8 Å². The SMILES string of the molecule is CCN(c1ccccc1)S(=O)(=O)c1cc(NC(=O)[C@@H](C(C)C)N2CCCC2=O)ccc1Cl. The number of halogens is 1. The second-order valence-corrected chi connectivity index (χ2v) is 10.3. The number of sulfonamides is 1. The summed E-state index contributed by atoms with van der Waals surface area (Å²) in [6.45, 7) is 6.26. The zero-order chi connectivity index (χ0) is 23.5. The van der Waals surface area contributed by atoms with Gasteiger partial charge in [0.1, 0.15) is 10.9 Å². The first-order chi connectivity index (χ1) is 15.2.